The van der Waals surface area contributed by atoms with E-state index in [0.29, 0.717) is 6.61 Å². The number of unbranched alkanes of at least 4 members (excludes halogenated alkanes) is 1. The maximum absolute atomic E-state index is 9.70. The molecule has 0 aliphatic heterocycles. The first-order valence-corrected chi connectivity index (χ1v) is 10.7. The van der Waals surface area contributed by atoms with Gasteiger partial charge >= 0.3 is 5.97 Å². The molecule has 0 aromatic heterocycles. The van der Waals surface area contributed by atoms with Crippen LogP contribution in [0.5, 0.6) is 0 Å². The second kappa shape index (κ2) is 18.1. The highest BCUT2D eigenvalue weighted by molar-refractivity contribution is 5.68. The van der Waals surface area contributed by atoms with Gasteiger partial charge < -0.3 is 29.9 Å². The van der Waals surface area contributed by atoms with Crippen LogP contribution in [0.4, 0.5) is 0 Å². The molecular weight excluding hydrogens is 376 g/mol. The highest BCUT2D eigenvalue weighted by Gasteiger charge is 2.36. The summed E-state index contributed by atoms with van der Waals surface area (Å²) in [6.07, 6.45) is 4.10. The zero-order valence-electron chi connectivity index (χ0n) is 20.2. The highest BCUT2D eigenvalue weighted by atomic mass is 16.5. The maximum atomic E-state index is 9.70. The lowest BCUT2D eigenvalue weighted by Crippen LogP contribution is -2.41. The van der Waals surface area contributed by atoms with Crippen LogP contribution in [0.25, 0.3) is 0 Å². The molecule has 0 saturated carbocycles. The van der Waals surface area contributed by atoms with Gasteiger partial charge in [-0.1, -0.05) is 54.4 Å². The summed E-state index contributed by atoms with van der Waals surface area (Å²) in [7, 11) is 0. The van der Waals surface area contributed by atoms with Crippen LogP contribution in [0.3, 0.4) is 0 Å². The summed E-state index contributed by atoms with van der Waals surface area (Å²) in [5, 5.41) is 35.2. The van der Waals surface area contributed by atoms with E-state index in [2.05, 4.69) is 6.92 Å². The molecule has 0 saturated heterocycles. The fourth-order valence-corrected chi connectivity index (χ4v) is 1.69. The molecule has 4 N–H and O–H groups in total. The van der Waals surface area contributed by atoms with Crippen LogP contribution in [0.1, 0.15) is 88.0 Å². The van der Waals surface area contributed by atoms with E-state index < -0.39 is 17.2 Å². The number of aliphatic hydroxyl groups is 3. The van der Waals surface area contributed by atoms with Gasteiger partial charge in [0.1, 0.15) is 0 Å². The molecule has 0 spiro atoms. The van der Waals surface area contributed by atoms with Gasteiger partial charge in [0.15, 0.2) is 5.79 Å². The molecule has 2 atom stereocenters. The molecule has 7 heteroatoms. The number of ether oxygens (including phenoxy) is 2. The number of aliphatic hydroxyl groups excluding tert-OH is 1. The summed E-state index contributed by atoms with van der Waals surface area (Å²) in [5.74, 6) is -2.52. The Morgan fingerprint density at radius 1 is 0.931 bits per heavy atom. The molecule has 0 aromatic carbocycles. The van der Waals surface area contributed by atoms with Crippen LogP contribution in [-0.2, 0) is 14.3 Å². The molecule has 0 amide bonds. The molecule has 7 nitrogen and oxygen atoms in total. The van der Waals surface area contributed by atoms with Crippen LogP contribution in [0.15, 0.2) is 0 Å². The number of carboxylic acid groups (broad SMARTS) is 1. The van der Waals surface area contributed by atoms with E-state index in [9.17, 15) is 15.0 Å². The number of hydrogen-bond acceptors (Lipinski definition) is 6. The Bertz CT molecular complexity index is 376. The Kier molecular flexibility index (Phi) is 20.5. The molecule has 0 fully saturated rings. The molecule has 0 aliphatic carbocycles. The van der Waals surface area contributed by atoms with E-state index in [1.807, 2.05) is 34.6 Å². The van der Waals surface area contributed by atoms with Crippen molar-refractivity contribution in [3.63, 3.8) is 0 Å². The third-order valence-electron chi connectivity index (χ3n) is 4.42. The first kappa shape index (κ1) is 32.9. The van der Waals surface area contributed by atoms with Crippen LogP contribution < -0.4 is 0 Å². The van der Waals surface area contributed by atoms with Crippen LogP contribution >= 0.6 is 0 Å². The minimum atomic E-state index is -1.55. The van der Waals surface area contributed by atoms with E-state index in [4.69, 9.17) is 19.7 Å². The van der Waals surface area contributed by atoms with Gasteiger partial charge in [0.25, 0.3) is 0 Å². The van der Waals surface area contributed by atoms with E-state index in [0.717, 1.165) is 32.3 Å². The van der Waals surface area contributed by atoms with E-state index in [-0.39, 0.29) is 24.7 Å². The molecule has 0 aromatic rings. The molecule has 0 rings (SSSR count). The molecular formula is C22H48O7. The SMILES string of the molecule is CC(C)C(=O)O.CCCC(C)(C)C(C)(O)O.CCCCOC(C)COC(C)CO. The van der Waals surface area contributed by atoms with Gasteiger partial charge in [-0.25, -0.2) is 0 Å². The summed E-state index contributed by atoms with van der Waals surface area (Å²) in [6, 6.07) is 0. The normalized spacial score (nSPS) is 13.7. The topological polar surface area (TPSA) is 116 Å². The Morgan fingerprint density at radius 3 is 1.69 bits per heavy atom. The summed E-state index contributed by atoms with van der Waals surface area (Å²) >= 11 is 0. The van der Waals surface area contributed by atoms with Crippen molar-refractivity contribution in [3.8, 4) is 0 Å². The Hall–Kier alpha value is -0.730. The number of hydrogen-bond donors (Lipinski definition) is 4. The third-order valence-corrected chi connectivity index (χ3v) is 4.42. The number of aliphatic carboxylic acids is 1. The van der Waals surface area contributed by atoms with E-state index in [1.165, 1.54) is 6.92 Å². The van der Waals surface area contributed by atoms with E-state index in [1.54, 1.807) is 13.8 Å². The van der Waals surface area contributed by atoms with Gasteiger partial charge in [0, 0.05) is 12.0 Å². The maximum Gasteiger partial charge on any atom is 0.305 e. The first-order chi connectivity index (χ1) is 13.2. The largest absolute Gasteiger partial charge is 0.481 e. The Labute approximate surface area is 178 Å². The smallest absolute Gasteiger partial charge is 0.305 e. The van der Waals surface area contributed by atoms with Gasteiger partial charge in [-0.05, 0) is 33.6 Å². The second-order valence-electron chi connectivity index (χ2n) is 8.51. The molecule has 29 heavy (non-hydrogen) atoms. The van der Waals surface area contributed by atoms with Crippen LogP contribution in [0, 0.1) is 11.3 Å². The van der Waals surface area contributed by atoms with Crippen molar-refractivity contribution in [2.75, 3.05) is 19.8 Å². The fraction of sp³-hybridized carbons (Fsp3) is 0.955. The van der Waals surface area contributed by atoms with Crippen molar-refractivity contribution in [2.45, 2.75) is 106 Å². The zero-order chi connectivity index (χ0) is 23.7. The summed E-state index contributed by atoms with van der Waals surface area (Å²) in [6.45, 7) is 17.9. The third kappa shape index (κ3) is 21.8. The minimum absolute atomic E-state index is 0.0711. The van der Waals surface area contributed by atoms with Crippen molar-refractivity contribution < 1.29 is 34.7 Å². The average molecular weight is 425 g/mol. The van der Waals surface area contributed by atoms with Crippen molar-refractivity contribution in [2.24, 2.45) is 11.3 Å². The monoisotopic (exact) mass is 424 g/mol. The average Bonchev–Trinajstić information content (AvgIpc) is 2.59. The molecule has 178 valence electrons. The highest BCUT2D eigenvalue weighted by Crippen LogP contribution is 2.32. The summed E-state index contributed by atoms with van der Waals surface area (Å²) < 4.78 is 10.8. The summed E-state index contributed by atoms with van der Waals surface area (Å²) in [5.41, 5.74) is -0.401. The van der Waals surface area contributed by atoms with Crippen molar-refractivity contribution in [1.29, 1.82) is 0 Å². The van der Waals surface area contributed by atoms with Crippen molar-refractivity contribution in [1.82, 2.24) is 0 Å². The van der Waals surface area contributed by atoms with E-state index >= 15 is 0 Å². The lowest BCUT2D eigenvalue weighted by atomic mass is 9.80. The fourth-order valence-electron chi connectivity index (χ4n) is 1.69. The summed E-state index contributed by atoms with van der Waals surface area (Å²) in [4.78, 5) is 9.70. The zero-order valence-corrected chi connectivity index (χ0v) is 20.2. The number of carboxylic acids is 1. The minimum Gasteiger partial charge on any atom is -0.481 e. The predicted molar refractivity (Wildman–Crippen MR) is 117 cm³/mol. The lowest BCUT2D eigenvalue weighted by molar-refractivity contribution is -0.220. The van der Waals surface area contributed by atoms with Gasteiger partial charge in [0.2, 0.25) is 0 Å². The van der Waals surface area contributed by atoms with Crippen molar-refractivity contribution >= 4 is 5.97 Å². The van der Waals surface area contributed by atoms with Crippen LogP contribution in [0.2, 0.25) is 0 Å². The van der Waals surface area contributed by atoms with Gasteiger partial charge in [0.05, 0.1) is 31.3 Å². The van der Waals surface area contributed by atoms with Crippen molar-refractivity contribution in [3.05, 3.63) is 0 Å². The lowest BCUT2D eigenvalue weighted by Gasteiger charge is -2.35. The first-order valence-electron chi connectivity index (χ1n) is 10.7. The molecule has 0 heterocycles. The van der Waals surface area contributed by atoms with Gasteiger partial charge in [-0.2, -0.15) is 0 Å². The number of carbonyl (C=O) groups is 1. The second-order valence-corrected chi connectivity index (χ2v) is 8.51. The van der Waals surface area contributed by atoms with Gasteiger partial charge in [-0.15, -0.1) is 0 Å². The quantitative estimate of drug-likeness (QED) is 0.278. The Morgan fingerprint density at radius 2 is 1.41 bits per heavy atom. The molecule has 0 bridgehead atoms. The standard InChI is InChI=1S/C10H22O3.C8H18O2.C4H8O2/c1-4-5-6-12-10(3)8-13-9(2)7-11;1-5-6-7(2,3)8(4,9)10;1-3(2)4(5)6/h9-11H,4-8H2,1-3H3;9-10H,5-6H2,1-4H3;3H,1-2H3,(H,5,6). The predicted octanol–water partition coefficient (Wildman–Crippen LogP) is 3.83. The number of rotatable bonds is 12. The van der Waals surface area contributed by atoms with Crippen LogP contribution in [-0.4, -0.2) is 64.2 Å². The Balaban J connectivity index is -0.000000375. The molecule has 0 aliphatic rings. The molecule has 2 unspecified atom stereocenters. The molecule has 0 radical (unpaired) electrons. The van der Waals surface area contributed by atoms with Gasteiger partial charge in [-0.3, -0.25) is 4.79 Å².